The molecule has 0 spiro atoms. The van der Waals surface area contributed by atoms with Gasteiger partial charge in [0.1, 0.15) is 0 Å². The van der Waals surface area contributed by atoms with Gasteiger partial charge < -0.3 is 9.32 Å². The van der Waals surface area contributed by atoms with Gasteiger partial charge in [-0.2, -0.15) is 0 Å². The highest BCUT2D eigenvalue weighted by Crippen LogP contribution is 2.34. The average Bonchev–Trinajstić information content (AvgIpc) is 3.17. The molecule has 0 N–H and O–H groups in total. The molecule has 9 heteroatoms. The quantitative estimate of drug-likeness (QED) is 0.502. The molecule has 0 bridgehead atoms. The molecular weight excluding hydrogens is 461 g/mol. The topological polar surface area (TPSA) is 49.6 Å². The number of anilines is 1. The lowest BCUT2D eigenvalue weighted by Gasteiger charge is -2.20. The van der Waals surface area contributed by atoms with Crippen LogP contribution in [0, 0.1) is 6.92 Å². The van der Waals surface area contributed by atoms with Gasteiger partial charge in [0, 0.05) is 18.1 Å². The van der Waals surface area contributed by atoms with Gasteiger partial charge in [-0.25, -0.2) is 4.98 Å². The van der Waals surface area contributed by atoms with E-state index in [1.165, 1.54) is 11.3 Å². The summed E-state index contributed by atoms with van der Waals surface area (Å²) in [5.74, 6) is 0.0648. The van der Waals surface area contributed by atoms with Gasteiger partial charge in [-0.05, 0) is 66.8 Å². The maximum Gasteiger partial charge on any atom is 0.295 e. The molecule has 0 saturated carbocycles. The third-order valence-electron chi connectivity index (χ3n) is 3.77. The van der Waals surface area contributed by atoms with Crippen LogP contribution in [0.5, 0.6) is 0 Å². The Bertz CT molecular complexity index is 926. The van der Waals surface area contributed by atoms with Gasteiger partial charge in [0.2, 0.25) is 0 Å². The Morgan fingerprint density at radius 3 is 2.62 bits per heavy atom. The zero-order chi connectivity index (χ0) is 18.1. The normalized spacial score (nSPS) is 11.0. The Morgan fingerprint density at radius 2 is 2.00 bits per heavy atom. The van der Waals surface area contributed by atoms with Gasteiger partial charge in [0.15, 0.2) is 15.6 Å². The first-order valence-electron chi connectivity index (χ1n) is 7.64. The van der Waals surface area contributed by atoms with Crippen molar-refractivity contribution in [3.63, 3.8) is 0 Å². The first-order chi connectivity index (χ1) is 11.9. The maximum atomic E-state index is 12.9. The molecule has 5 nitrogen and oxygen atoms in total. The predicted molar refractivity (Wildman–Crippen MR) is 113 cm³/mol. The van der Waals surface area contributed by atoms with Gasteiger partial charge in [-0.1, -0.05) is 22.9 Å². The number of fused-ring (bicyclic) bond motifs is 1. The van der Waals surface area contributed by atoms with Crippen molar-refractivity contribution in [3.8, 4) is 0 Å². The predicted octanol–water partition coefficient (Wildman–Crippen LogP) is 5.24. The number of nitrogens with zero attached hydrogens (tertiary/aromatic N) is 3. The van der Waals surface area contributed by atoms with Gasteiger partial charge in [-0.15, -0.1) is 12.4 Å². The van der Waals surface area contributed by atoms with Crippen molar-refractivity contribution in [2.45, 2.75) is 6.92 Å². The third-order valence-corrected chi connectivity index (χ3v) is 5.65. The van der Waals surface area contributed by atoms with E-state index in [-0.39, 0.29) is 24.1 Å². The second-order valence-electron chi connectivity index (χ2n) is 5.88. The Hall–Kier alpha value is -1.12. The van der Waals surface area contributed by atoms with Crippen molar-refractivity contribution in [2.24, 2.45) is 0 Å². The summed E-state index contributed by atoms with van der Waals surface area (Å²) in [7, 11) is 3.93. The van der Waals surface area contributed by atoms with Crippen LogP contribution in [0.25, 0.3) is 10.2 Å². The minimum atomic E-state index is -0.213. The molecule has 0 atom stereocenters. The average molecular weight is 479 g/mol. The summed E-state index contributed by atoms with van der Waals surface area (Å²) >= 11 is 10.9. The molecule has 0 saturated heterocycles. The van der Waals surface area contributed by atoms with Crippen molar-refractivity contribution >= 4 is 72.5 Å². The number of aryl methyl sites for hydroxylation is 1. The number of benzene rings is 1. The number of furan rings is 1. The van der Waals surface area contributed by atoms with Gasteiger partial charge in [-0.3, -0.25) is 9.69 Å². The molecule has 0 radical (unpaired) electrons. The van der Waals surface area contributed by atoms with E-state index in [0.29, 0.717) is 27.9 Å². The number of likely N-dealkylation sites (N-methyl/N-ethyl adjacent to an activating group) is 1. The number of carbonyl (C=O) groups excluding carboxylic acids is 1. The number of aromatic nitrogens is 1. The molecule has 2 heterocycles. The zero-order valence-electron chi connectivity index (χ0n) is 14.5. The van der Waals surface area contributed by atoms with Crippen LogP contribution in [-0.4, -0.2) is 43.0 Å². The number of amides is 1. The van der Waals surface area contributed by atoms with Crippen LogP contribution in [-0.2, 0) is 0 Å². The number of halogens is 3. The number of hydrogen-bond acceptors (Lipinski definition) is 5. The van der Waals surface area contributed by atoms with E-state index in [1.807, 2.05) is 38.1 Å². The lowest BCUT2D eigenvalue weighted by atomic mass is 10.2. The van der Waals surface area contributed by atoms with E-state index in [2.05, 4.69) is 20.9 Å². The highest BCUT2D eigenvalue weighted by Gasteiger charge is 2.24. The lowest BCUT2D eigenvalue weighted by Crippen LogP contribution is -2.36. The van der Waals surface area contributed by atoms with E-state index < -0.39 is 0 Å². The van der Waals surface area contributed by atoms with Crippen LogP contribution in [0.4, 0.5) is 5.13 Å². The fraction of sp³-hybridized carbons (Fsp3) is 0.294. The van der Waals surface area contributed by atoms with Crippen LogP contribution < -0.4 is 4.90 Å². The second-order valence-corrected chi connectivity index (χ2v) is 8.08. The molecule has 1 aromatic carbocycles. The van der Waals surface area contributed by atoms with Crippen LogP contribution >= 0.6 is 51.3 Å². The fourth-order valence-corrected chi connectivity index (χ4v) is 3.86. The monoisotopic (exact) mass is 477 g/mol. The highest BCUT2D eigenvalue weighted by atomic mass is 79.9. The van der Waals surface area contributed by atoms with Gasteiger partial charge >= 0.3 is 0 Å². The molecule has 0 aliphatic rings. The van der Waals surface area contributed by atoms with Crippen molar-refractivity contribution in [3.05, 3.63) is 45.3 Å². The molecule has 0 aliphatic carbocycles. The summed E-state index contributed by atoms with van der Waals surface area (Å²) < 4.78 is 6.96. The molecule has 0 unspecified atom stereocenters. The fourth-order valence-electron chi connectivity index (χ4n) is 2.35. The van der Waals surface area contributed by atoms with Crippen LogP contribution in [0.3, 0.4) is 0 Å². The number of rotatable bonds is 5. The Balaban J connectivity index is 0.00000243. The Kier molecular flexibility index (Phi) is 7.10. The maximum absolute atomic E-state index is 12.9. The summed E-state index contributed by atoms with van der Waals surface area (Å²) in [6, 6.07) is 7.16. The minimum absolute atomic E-state index is 0. The summed E-state index contributed by atoms with van der Waals surface area (Å²) in [5, 5.41) is 1.31. The van der Waals surface area contributed by atoms with E-state index in [1.54, 1.807) is 17.0 Å². The first kappa shape index (κ1) is 21.2. The van der Waals surface area contributed by atoms with Gasteiger partial charge in [0.05, 0.1) is 10.2 Å². The van der Waals surface area contributed by atoms with Crippen molar-refractivity contribution in [2.75, 3.05) is 32.1 Å². The number of carbonyl (C=O) groups is 1. The molecule has 1 amide bonds. The second kappa shape index (κ2) is 8.71. The molecule has 140 valence electrons. The van der Waals surface area contributed by atoms with E-state index >= 15 is 0 Å². The smallest absolute Gasteiger partial charge is 0.295 e. The Morgan fingerprint density at radius 1 is 1.27 bits per heavy atom. The van der Waals surface area contributed by atoms with E-state index in [0.717, 1.165) is 15.8 Å². The molecule has 3 rings (SSSR count). The SMILES string of the molecule is Cc1c(Cl)ccc2sc(N(CCN(C)C)C(=O)c3ccc(Br)o3)nc12.Cl. The highest BCUT2D eigenvalue weighted by molar-refractivity contribution is 9.10. The molecule has 0 fully saturated rings. The summed E-state index contributed by atoms with van der Waals surface area (Å²) in [6.45, 7) is 3.16. The lowest BCUT2D eigenvalue weighted by molar-refractivity contribution is 0.0957. The number of thiazole rings is 1. The molecule has 26 heavy (non-hydrogen) atoms. The molecule has 0 aliphatic heterocycles. The van der Waals surface area contributed by atoms with Crippen molar-refractivity contribution in [1.82, 2.24) is 9.88 Å². The molecule has 2 aromatic heterocycles. The minimum Gasteiger partial charge on any atom is -0.444 e. The van der Waals surface area contributed by atoms with Crippen molar-refractivity contribution < 1.29 is 9.21 Å². The van der Waals surface area contributed by atoms with Crippen LogP contribution in [0.2, 0.25) is 5.02 Å². The third kappa shape index (κ3) is 4.40. The Labute approximate surface area is 175 Å². The molecular formula is C17H18BrCl2N3O2S. The zero-order valence-corrected chi connectivity index (χ0v) is 18.4. The van der Waals surface area contributed by atoms with Gasteiger partial charge in [0.25, 0.3) is 5.91 Å². The van der Waals surface area contributed by atoms with Crippen molar-refractivity contribution in [1.29, 1.82) is 0 Å². The standard InChI is InChI=1S/C17H17BrClN3O2S.ClH/c1-10-11(19)4-6-13-15(10)20-17(25-13)22(9-8-21(2)3)16(23)12-5-7-14(18)24-12;/h4-7H,8-9H2,1-3H3;1H. The van der Waals surface area contributed by atoms with E-state index in [4.69, 9.17) is 16.0 Å². The largest absolute Gasteiger partial charge is 0.444 e. The number of hydrogen-bond donors (Lipinski definition) is 0. The summed E-state index contributed by atoms with van der Waals surface area (Å²) in [5.41, 5.74) is 1.75. The summed E-state index contributed by atoms with van der Waals surface area (Å²) in [6.07, 6.45) is 0. The van der Waals surface area contributed by atoms with Crippen LogP contribution in [0.1, 0.15) is 16.1 Å². The molecule has 3 aromatic rings. The van der Waals surface area contributed by atoms with Crippen LogP contribution in [0.15, 0.2) is 33.4 Å². The van der Waals surface area contributed by atoms with E-state index in [9.17, 15) is 4.79 Å². The first-order valence-corrected chi connectivity index (χ1v) is 9.63. The summed E-state index contributed by atoms with van der Waals surface area (Å²) in [4.78, 5) is 21.3.